The number of nitrogens with two attached hydrogens (primary N) is 1. The fraction of sp³-hybridized carbons (Fsp3) is 0.190. The van der Waals surface area contributed by atoms with Crippen LogP contribution in [0.2, 0.25) is 0 Å². The van der Waals surface area contributed by atoms with Crippen LogP contribution in [0, 0.1) is 11.8 Å². The SMILES string of the molecule is C[C@H]1CN(c2ccc(C(F)(F)F)cc2)C(=O)c2c(C#Cc3cccnc3N)cnn21. The molecule has 0 spiro atoms. The first kappa shape index (κ1) is 19.5. The van der Waals surface area contributed by atoms with Gasteiger partial charge in [0.15, 0.2) is 0 Å². The molecule has 9 heteroatoms. The van der Waals surface area contributed by atoms with Gasteiger partial charge in [-0.1, -0.05) is 11.8 Å². The third-order valence-corrected chi connectivity index (χ3v) is 4.78. The molecule has 6 nitrogen and oxygen atoms in total. The van der Waals surface area contributed by atoms with Crippen LogP contribution in [-0.2, 0) is 6.18 Å². The minimum absolute atomic E-state index is 0.181. The van der Waals surface area contributed by atoms with Crippen LogP contribution in [-0.4, -0.2) is 27.2 Å². The number of nitrogens with zero attached hydrogens (tertiary/aromatic N) is 4. The normalized spacial score (nSPS) is 16.1. The minimum atomic E-state index is -4.44. The predicted octanol–water partition coefficient (Wildman–Crippen LogP) is 3.50. The van der Waals surface area contributed by atoms with Crippen molar-refractivity contribution in [2.45, 2.75) is 19.1 Å². The number of carbonyl (C=O) groups is 1. The number of hydrogen-bond acceptors (Lipinski definition) is 4. The second-order valence-corrected chi connectivity index (χ2v) is 6.85. The molecule has 4 rings (SSSR count). The molecule has 1 aliphatic rings. The number of amides is 1. The van der Waals surface area contributed by atoms with Crippen LogP contribution < -0.4 is 10.6 Å². The van der Waals surface area contributed by atoms with Gasteiger partial charge in [0.2, 0.25) is 0 Å². The third-order valence-electron chi connectivity index (χ3n) is 4.78. The minimum Gasteiger partial charge on any atom is -0.383 e. The van der Waals surface area contributed by atoms with Gasteiger partial charge in [-0.05, 0) is 43.3 Å². The maximum Gasteiger partial charge on any atom is 0.416 e. The van der Waals surface area contributed by atoms with Gasteiger partial charge in [-0.15, -0.1) is 0 Å². The van der Waals surface area contributed by atoms with E-state index in [9.17, 15) is 18.0 Å². The molecule has 1 atom stereocenters. The van der Waals surface area contributed by atoms with E-state index in [2.05, 4.69) is 21.9 Å². The van der Waals surface area contributed by atoms with Gasteiger partial charge in [0.1, 0.15) is 11.5 Å². The molecule has 0 saturated carbocycles. The maximum atomic E-state index is 13.1. The van der Waals surface area contributed by atoms with Crippen LogP contribution in [0.5, 0.6) is 0 Å². The molecule has 2 N–H and O–H groups in total. The number of rotatable bonds is 1. The number of carbonyl (C=O) groups excluding carboxylic acids is 1. The molecule has 30 heavy (non-hydrogen) atoms. The lowest BCUT2D eigenvalue weighted by atomic mass is 10.1. The molecule has 0 bridgehead atoms. The molecule has 1 aliphatic heterocycles. The molecule has 1 aromatic carbocycles. The lowest BCUT2D eigenvalue weighted by molar-refractivity contribution is -0.137. The van der Waals surface area contributed by atoms with Crippen LogP contribution in [0.15, 0.2) is 48.8 Å². The van der Waals surface area contributed by atoms with Crippen molar-refractivity contribution in [3.8, 4) is 11.8 Å². The summed E-state index contributed by atoms with van der Waals surface area (Å²) in [6, 6.07) is 7.75. The number of pyridine rings is 1. The highest BCUT2D eigenvalue weighted by Crippen LogP contribution is 2.32. The Balaban J connectivity index is 1.69. The van der Waals surface area contributed by atoms with Crippen molar-refractivity contribution in [3.05, 3.63) is 71.2 Å². The zero-order valence-electron chi connectivity index (χ0n) is 15.8. The molecule has 3 heterocycles. The van der Waals surface area contributed by atoms with E-state index in [0.717, 1.165) is 12.1 Å². The maximum absolute atomic E-state index is 13.1. The molecule has 3 aromatic rings. The van der Waals surface area contributed by atoms with Crippen LogP contribution in [0.4, 0.5) is 24.7 Å². The van der Waals surface area contributed by atoms with Gasteiger partial charge >= 0.3 is 6.18 Å². The van der Waals surface area contributed by atoms with E-state index in [4.69, 9.17) is 5.73 Å². The largest absolute Gasteiger partial charge is 0.416 e. The molecule has 2 aromatic heterocycles. The van der Waals surface area contributed by atoms with Gasteiger partial charge in [0.05, 0.1) is 28.9 Å². The highest BCUT2D eigenvalue weighted by atomic mass is 19.4. The standard InChI is InChI=1S/C21H16F3N5O/c1-13-12-28(17-8-6-16(7-9-17)21(22,23)24)20(30)18-15(11-27-29(13)18)5-4-14-3-2-10-26-19(14)25/h2-3,6-11,13H,12H2,1H3,(H2,25,26)/t13-/m0/s1. The fourth-order valence-corrected chi connectivity index (χ4v) is 3.26. The van der Waals surface area contributed by atoms with E-state index in [1.165, 1.54) is 23.2 Å². The molecule has 0 aliphatic carbocycles. The van der Waals surface area contributed by atoms with Crippen molar-refractivity contribution < 1.29 is 18.0 Å². The smallest absolute Gasteiger partial charge is 0.383 e. The predicted molar refractivity (Wildman–Crippen MR) is 105 cm³/mol. The summed E-state index contributed by atoms with van der Waals surface area (Å²) >= 11 is 0. The first-order chi connectivity index (χ1) is 14.3. The first-order valence-electron chi connectivity index (χ1n) is 9.05. The van der Waals surface area contributed by atoms with Crippen molar-refractivity contribution in [2.24, 2.45) is 0 Å². The summed E-state index contributed by atoms with van der Waals surface area (Å²) in [6.07, 6.45) is -1.39. The van der Waals surface area contributed by atoms with E-state index >= 15 is 0 Å². The Morgan fingerprint density at radius 2 is 1.83 bits per heavy atom. The monoisotopic (exact) mass is 411 g/mol. The Morgan fingerprint density at radius 1 is 1.13 bits per heavy atom. The van der Waals surface area contributed by atoms with Crippen LogP contribution in [0.1, 0.15) is 40.1 Å². The van der Waals surface area contributed by atoms with Gasteiger partial charge in [-0.2, -0.15) is 18.3 Å². The van der Waals surface area contributed by atoms with Gasteiger partial charge in [-0.25, -0.2) is 4.98 Å². The zero-order chi connectivity index (χ0) is 21.5. The van der Waals surface area contributed by atoms with Gasteiger partial charge < -0.3 is 10.6 Å². The number of aromatic nitrogens is 3. The highest BCUT2D eigenvalue weighted by Gasteiger charge is 2.34. The Kier molecular flexibility index (Phi) is 4.70. The number of anilines is 2. The number of alkyl halides is 3. The number of hydrogen-bond donors (Lipinski definition) is 1. The summed E-state index contributed by atoms with van der Waals surface area (Å²) in [5.74, 6) is 5.70. The summed E-state index contributed by atoms with van der Waals surface area (Å²) in [4.78, 5) is 18.5. The molecule has 0 radical (unpaired) electrons. The first-order valence-corrected chi connectivity index (χ1v) is 9.05. The van der Waals surface area contributed by atoms with Crippen LogP contribution in [0.3, 0.4) is 0 Å². The summed E-state index contributed by atoms with van der Waals surface area (Å²) in [5, 5.41) is 4.27. The molecule has 1 amide bonds. The second-order valence-electron chi connectivity index (χ2n) is 6.85. The fourth-order valence-electron chi connectivity index (χ4n) is 3.26. The summed E-state index contributed by atoms with van der Waals surface area (Å²) in [5.41, 5.74) is 6.62. The molecule has 152 valence electrons. The Labute approximate surface area is 170 Å². The van der Waals surface area contributed by atoms with E-state index in [0.29, 0.717) is 16.8 Å². The van der Waals surface area contributed by atoms with Crippen molar-refractivity contribution in [1.29, 1.82) is 0 Å². The van der Waals surface area contributed by atoms with Gasteiger partial charge in [0, 0.05) is 18.4 Å². The highest BCUT2D eigenvalue weighted by molar-refractivity contribution is 6.07. The zero-order valence-corrected chi connectivity index (χ0v) is 15.8. The van der Waals surface area contributed by atoms with Crippen molar-refractivity contribution >= 4 is 17.4 Å². The van der Waals surface area contributed by atoms with Crippen molar-refractivity contribution in [2.75, 3.05) is 17.2 Å². The van der Waals surface area contributed by atoms with E-state index in [-0.39, 0.29) is 30.0 Å². The summed E-state index contributed by atoms with van der Waals surface area (Å²) < 4.78 is 40.1. The number of fused-ring (bicyclic) bond motifs is 1. The molecule has 0 fully saturated rings. The average Bonchev–Trinajstić information content (AvgIpc) is 3.14. The topological polar surface area (TPSA) is 77.0 Å². The summed E-state index contributed by atoms with van der Waals surface area (Å²) in [7, 11) is 0. The average molecular weight is 411 g/mol. The number of benzene rings is 1. The second kappa shape index (κ2) is 7.22. The Morgan fingerprint density at radius 3 is 2.50 bits per heavy atom. The quantitative estimate of drug-likeness (QED) is 0.622. The lowest BCUT2D eigenvalue weighted by Crippen LogP contribution is -2.43. The van der Waals surface area contributed by atoms with Gasteiger partial charge in [-0.3, -0.25) is 9.48 Å². The molecular weight excluding hydrogens is 395 g/mol. The van der Waals surface area contributed by atoms with Crippen LogP contribution >= 0.6 is 0 Å². The summed E-state index contributed by atoms with van der Waals surface area (Å²) in [6.45, 7) is 2.15. The third kappa shape index (κ3) is 3.48. The van der Waals surface area contributed by atoms with E-state index in [1.807, 2.05) is 6.92 Å². The molecular formula is C21H16F3N5O. The number of nitrogen functional groups attached to an aromatic ring is 1. The van der Waals surface area contributed by atoms with Crippen molar-refractivity contribution in [1.82, 2.24) is 14.8 Å². The van der Waals surface area contributed by atoms with Crippen LogP contribution in [0.25, 0.3) is 0 Å². The Bertz CT molecular complexity index is 1170. The van der Waals surface area contributed by atoms with Crippen molar-refractivity contribution in [3.63, 3.8) is 0 Å². The van der Waals surface area contributed by atoms with Gasteiger partial charge in [0.25, 0.3) is 5.91 Å². The number of halogens is 3. The molecule has 0 saturated heterocycles. The molecule has 0 unspecified atom stereocenters. The van der Waals surface area contributed by atoms with E-state index in [1.54, 1.807) is 23.0 Å². The van der Waals surface area contributed by atoms with E-state index < -0.39 is 11.7 Å². The Hall–Kier alpha value is -3.80. The lowest BCUT2D eigenvalue weighted by Gasteiger charge is -2.32.